The number of unbranched alkanes of at least 4 members (excludes halogenated alkanes) is 1. The van der Waals surface area contributed by atoms with Crippen LogP contribution in [0.2, 0.25) is 0 Å². The Labute approximate surface area is 178 Å². The standard InChI is InChI=1S/C18H26N2O2S.C2HF3O2/c1-3-4-8-17(21)20-12-18(13-20)9-16(11-23-18)22-10-15-7-5-6-14(2)19-15;3-2(4,5)1(6)7/h5-7,16H,3-4,8-13H2,1-2H3;(H,6,7). The number of aryl methyl sites for hydroxylation is 1. The molecule has 3 heterocycles. The fourth-order valence-corrected chi connectivity index (χ4v) is 4.88. The van der Waals surface area contributed by atoms with Crippen LogP contribution < -0.4 is 0 Å². The average Bonchev–Trinajstić information content (AvgIpc) is 3.08. The van der Waals surface area contributed by atoms with Crippen LogP contribution in [-0.4, -0.2) is 62.7 Å². The zero-order chi connectivity index (χ0) is 22.4. The van der Waals surface area contributed by atoms with Crippen molar-refractivity contribution in [3.8, 4) is 0 Å². The zero-order valence-corrected chi connectivity index (χ0v) is 17.9. The molecule has 168 valence electrons. The second-order valence-electron chi connectivity index (χ2n) is 7.56. The van der Waals surface area contributed by atoms with Crippen LogP contribution >= 0.6 is 11.8 Å². The number of aromatic nitrogens is 1. The number of aliphatic carboxylic acids is 1. The molecule has 1 atom stereocenters. The Balaban J connectivity index is 0.000000396. The Hall–Kier alpha value is -1.81. The van der Waals surface area contributed by atoms with Gasteiger partial charge in [0, 0.05) is 31.0 Å². The van der Waals surface area contributed by atoms with E-state index < -0.39 is 12.1 Å². The van der Waals surface area contributed by atoms with E-state index >= 15 is 0 Å². The Morgan fingerprint density at radius 3 is 2.60 bits per heavy atom. The van der Waals surface area contributed by atoms with Gasteiger partial charge in [-0.1, -0.05) is 19.4 Å². The van der Waals surface area contributed by atoms with Crippen LogP contribution in [0.4, 0.5) is 13.2 Å². The number of ether oxygens (including phenoxy) is 1. The number of pyridine rings is 1. The van der Waals surface area contributed by atoms with Crippen LogP contribution in [0.5, 0.6) is 0 Å². The maximum atomic E-state index is 12.0. The molecule has 1 spiro atoms. The number of thioether (sulfide) groups is 1. The molecule has 0 radical (unpaired) electrons. The minimum absolute atomic E-state index is 0.257. The molecule has 2 fully saturated rings. The molecule has 1 unspecified atom stereocenters. The molecule has 1 aromatic rings. The number of amides is 1. The Kier molecular flexibility index (Phi) is 8.54. The summed E-state index contributed by atoms with van der Waals surface area (Å²) in [5.41, 5.74) is 2.03. The monoisotopic (exact) mass is 448 g/mol. The van der Waals surface area contributed by atoms with Crippen molar-refractivity contribution < 1.29 is 32.6 Å². The van der Waals surface area contributed by atoms with E-state index in [9.17, 15) is 18.0 Å². The predicted octanol–water partition coefficient (Wildman–Crippen LogP) is 3.82. The lowest BCUT2D eigenvalue weighted by molar-refractivity contribution is -0.192. The third-order valence-corrected chi connectivity index (χ3v) is 6.46. The summed E-state index contributed by atoms with van der Waals surface area (Å²) < 4.78 is 38.0. The van der Waals surface area contributed by atoms with Gasteiger partial charge in [0.15, 0.2) is 0 Å². The molecule has 2 saturated heterocycles. The summed E-state index contributed by atoms with van der Waals surface area (Å²) >= 11 is 1.98. The van der Waals surface area contributed by atoms with Gasteiger partial charge in [-0.3, -0.25) is 9.78 Å². The number of nitrogens with zero attached hydrogens (tertiary/aromatic N) is 2. The van der Waals surface area contributed by atoms with E-state index in [0.717, 1.165) is 49.5 Å². The first-order valence-corrected chi connectivity index (χ1v) is 10.8. The van der Waals surface area contributed by atoms with Gasteiger partial charge in [-0.05, 0) is 31.9 Å². The van der Waals surface area contributed by atoms with Gasteiger partial charge in [0.2, 0.25) is 5.91 Å². The smallest absolute Gasteiger partial charge is 0.475 e. The van der Waals surface area contributed by atoms with Gasteiger partial charge in [0.1, 0.15) is 0 Å². The fourth-order valence-electron chi connectivity index (χ4n) is 3.32. The fraction of sp³-hybridized carbons (Fsp3) is 0.650. The van der Waals surface area contributed by atoms with E-state index in [1.54, 1.807) is 0 Å². The third-order valence-electron chi connectivity index (χ3n) is 4.89. The highest BCUT2D eigenvalue weighted by Gasteiger charge is 2.50. The highest BCUT2D eigenvalue weighted by Crippen LogP contribution is 2.46. The predicted molar refractivity (Wildman–Crippen MR) is 107 cm³/mol. The Morgan fingerprint density at radius 1 is 1.37 bits per heavy atom. The van der Waals surface area contributed by atoms with E-state index in [1.807, 2.05) is 41.8 Å². The number of carboxylic acid groups (broad SMARTS) is 1. The Morgan fingerprint density at radius 2 is 2.03 bits per heavy atom. The van der Waals surface area contributed by atoms with E-state index in [1.165, 1.54) is 0 Å². The maximum Gasteiger partial charge on any atom is 0.490 e. The number of carbonyl (C=O) groups excluding carboxylic acids is 1. The molecule has 2 aliphatic heterocycles. The first kappa shape index (κ1) is 24.5. The second-order valence-corrected chi connectivity index (χ2v) is 9.05. The number of carbonyl (C=O) groups is 2. The molecule has 0 aliphatic carbocycles. The number of halogens is 3. The summed E-state index contributed by atoms with van der Waals surface area (Å²) in [5.74, 6) is -1.40. The first-order chi connectivity index (χ1) is 14.0. The molecular formula is C20H27F3N2O4S. The van der Waals surface area contributed by atoms with Gasteiger partial charge in [-0.2, -0.15) is 13.2 Å². The van der Waals surface area contributed by atoms with Crippen LogP contribution in [0, 0.1) is 6.92 Å². The first-order valence-electron chi connectivity index (χ1n) is 9.80. The summed E-state index contributed by atoms with van der Waals surface area (Å²) in [6.45, 7) is 6.53. The number of alkyl halides is 3. The topological polar surface area (TPSA) is 79.7 Å². The molecule has 1 amide bonds. The Bertz CT molecular complexity index is 739. The maximum absolute atomic E-state index is 12.0. The van der Waals surface area contributed by atoms with Crippen molar-refractivity contribution in [3.05, 3.63) is 29.6 Å². The van der Waals surface area contributed by atoms with Crippen molar-refractivity contribution in [2.75, 3.05) is 18.8 Å². The van der Waals surface area contributed by atoms with Crippen molar-refractivity contribution >= 4 is 23.6 Å². The van der Waals surface area contributed by atoms with E-state index in [4.69, 9.17) is 14.6 Å². The van der Waals surface area contributed by atoms with Gasteiger partial charge in [0.25, 0.3) is 0 Å². The molecule has 30 heavy (non-hydrogen) atoms. The highest BCUT2D eigenvalue weighted by molar-refractivity contribution is 8.01. The molecule has 10 heteroatoms. The van der Waals surface area contributed by atoms with Gasteiger partial charge in [-0.15, -0.1) is 11.8 Å². The lowest BCUT2D eigenvalue weighted by Gasteiger charge is -2.47. The summed E-state index contributed by atoms with van der Waals surface area (Å²) in [4.78, 5) is 27.4. The van der Waals surface area contributed by atoms with Crippen LogP contribution in [0.15, 0.2) is 18.2 Å². The van der Waals surface area contributed by atoms with Gasteiger partial charge >= 0.3 is 12.1 Å². The quantitative estimate of drug-likeness (QED) is 0.713. The minimum atomic E-state index is -5.08. The summed E-state index contributed by atoms with van der Waals surface area (Å²) in [6.07, 6.45) is -0.945. The highest BCUT2D eigenvalue weighted by atomic mass is 32.2. The largest absolute Gasteiger partial charge is 0.490 e. The molecular weight excluding hydrogens is 421 g/mol. The lowest BCUT2D eigenvalue weighted by Crippen LogP contribution is -2.60. The summed E-state index contributed by atoms with van der Waals surface area (Å²) in [6, 6.07) is 6.04. The van der Waals surface area contributed by atoms with Gasteiger partial charge in [0.05, 0.1) is 23.2 Å². The number of carboxylic acids is 1. The summed E-state index contributed by atoms with van der Waals surface area (Å²) in [5, 5.41) is 7.12. The third kappa shape index (κ3) is 7.16. The molecule has 3 rings (SSSR count). The molecule has 1 N–H and O–H groups in total. The van der Waals surface area contributed by atoms with Crippen molar-refractivity contribution in [1.82, 2.24) is 9.88 Å². The zero-order valence-electron chi connectivity index (χ0n) is 17.1. The number of rotatable bonds is 6. The SMILES string of the molecule is CCCCC(=O)N1CC2(CC(OCc3cccc(C)n3)CS2)C1.O=C(O)C(F)(F)F. The molecule has 0 aromatic carbocycles. The molecule has 6 nitrogen and oxygen atoms in total. The van der Waals surface area contributed by atoms with Crippen molar-refractivity contribution in [2.45, 2.75) is 63.2 Å². The number of likely N-dealkylation sites (tertiary alicyclic amines) is 1. The van der Waals surface area contributed by atoms with Crippen molar-refractivity contribution in [3.63, 3.8) is 0 Å². The lowest BCUT2D eigenvalue weighted by atomic mass is 9.92. The van der Waals surface area contributed by atoms with E-state index in [-0.39, 0.29) is 10.9 Å². The number of hydrogen-bond acceptors (Lipinski definition) is 5. The molecule has 0 bridgehead atoms. The molecule has 2 aliphatic rings. The summed E-state index contributed by atoms with van der Waals surface area (Å²) in [7, 11) is 0. The molecule has 1 aromatic heterocycles. The average molecular weight is 449 g/mol. The number of hydrogen-bond donors (Lipinski definition) is 1. The molecule has 0 saturated carbocycles. The minimum Gasteiger partial charge on any atom is -0.475 e. The van der Waals surface area contributed by atoms with Crippen molar-refractivity contribution in [2.24, 2.45) is 0 Å². The van der Waals surface area contributed by atoms with E-state index in [0.29, 0.717) is 18.9 Å². The van der Waals surface area contributed by atoms with Gasteiger partial charge in [-0.25, -0.2) is 4.79 Å². The second kappa shape index (κ2) is 10.5. The van der Waals surface area contributed by atoms with Crippen molar-refractivity contribution in [1.29, 1.82) is 0 Å². The van der Waals surface area contributed by atoms with Crippen LogP contribution in [0.3, 0.4) is 0 Å². The van der Waals surface area contributed by atoms with Gasteiger partial charge < -0.3 is 14.7 Å². The normalized spacial score (nSPS) is 19.8. The van der Waals surface area contributed by atoms with Crippen LogP contribution in [-0.2, 0) is 20.9 Å². The van der Waals surface area contributed by atoms with E-state index in [2.05, 4.69) is 11.9 Å². The van der Waals surface area contributed by atoms with Crippen LogP contribution in [0.1, 0.15) is 44.0 Å². The van der Waals surface area contributed by atoms with Crippen LogP contribution in [0.25, 0.3) is 0 Å².